The number of carbonyl (C=O) groups is 1. The van der Waals surface area contributed by atoms with Crippen molar-refractivity contribution in [3.8, 4) is 6.07 Å². The van der Waals surface area contributed by atoms with Gasteiger partial charge in [0.15, 0.2) is 3.77 Å². The summed E-state index contributed by atoms with van der Waals surface area (Å²) in [5, 5.41) is 9.04. The highest BCUT2D eigenvalue weighted by molar-refractivity contribution is 14.1. The van der Waals surface area contributed by atoms with Gasteiger partial charge < -0.3 is 4.42 Å². The second-order valence-corrected chi connectivity index (χ2v) is 4.57. The van der Waals surface area contributed by atoms with E-state index in [0.29, 0.717) is 15.1 Å². The molecule has 0 atom stereocenters. The molecule has 1 aromatic carbocycles. The summed E-state index contributed by atoms with van der Waals surface area (Å²) >= 11 is 2.02. The lowest BCUT2D eigenvalue weighted by atomic mass is 10.0. The Morgan fingerprint density at radius 2 is 1.94 bits per heavy atom. The summed E-state index contributed by atoms with van der Waals surface area (Å²) in [7, 11) is 0. The van der Waals surface area contributed by atoms with Crippen molar-refractivity contribution in [3.05, 3.63) is 63.1 Å². The van der Waals surface area contributed by atoms with Crippen molar-refractivity contribution in [2.24, 2.45) is 0 Å². The maximum Gasteiger partial charge on any atom is 0.203 e. The Bertz CT molecular complexity index is 635. The van der Waals surface area contributed by atoms with Crippen LogP contribution >= 0.6 is 22.6 Å². The second-order valence-electron chi connectivity index (χ2n) is 3.51. The molecule has 0 aliphatic rings. The summed E-state index contributed by atoms with van der Waals surface area (Å²) in [6.45, 7) is 0. The monoisotopic (exact) mass is 349 g/mol. The third-order valence-electron chi connectivity index (χ3n) is 2.28. The average molecular weight is 349 g/mol. The highest BCUT2D eigenvalue weighted by Gasteiger charge is 2.12. The number of Topliss-reactive ketones (excluding diaryl/α,β-unsaturated/α-hetero) is 1. The Morgan fingerprint density at radius 1 is 1.22 bits per heavy atom. The highest BCUT2D eigenvalue weighted by atomic mass is 127. The highest BCUT2D eigenvalue weighted by Crippen LogP contribution is 2.16. The molecule has 0 aliphatic heterocycles. The zero-order chi connectivity index (χ0) is 13.0. The SMILES string of the molecule is N#C/C(=C\c1ccc(I)o1)C(=O)c1ccccc1. The first-order chi connectivity index (χ1) is 8.70. The van der Waals surface area contributed by atoms with E-state index in [1.807, 2.05) is 34.7 Å². The van der Waals surface area contributed by atoms with Gasteiger partial charge in [0.2, 0.25) is 5.78 Å². The van der Waals surface area contributed by atoms with E-state index in [1.165, 1.54) is 6.08 Å². The van der Waals surface area contributed by atoms with Crippen LogP contribution in [0.2, 0.25) is 0 Å². The van der Waals surface area contributed by atoms with Crippen LogP contribution < -0.4 is 0 Å². The Kier molecular flexibility index (Phi) is 3.95. The molecule has 0 radical (unpaired) electrons. The number of ketones is 1. The predicted octanol–water partition coefficient (Wildman–Crippen LogP) is 3.67. The Labute approximate surface area is 118 Å². The molecule has 0 aliphatic carbocycles. The van der Waals surface area contributed by atoms with Gasteiger partial charge in [-0.1, -0.05) is 30.3 Å². The van der Waals surface area contributed by atoms with E-state index in [2.05, 4.69) is 0 Å². The number of furan rings is 1. The largest absolute Gasteiger partial charge is 0.451 e. The third-order valence-corrected chi connectivity index (χ3v) is 2.86. The molecule has 2 aromatic rings. The van der Waals surface area contributed by atoms with E-state index in [-0.39, 0.29) is 11.4 Å². The molecule has 0 saturated carbocycles. The molecule has 18 heavy (non-hydrogen) atoms. The van der Waals surface area contributed by atoms with E-state index >= 15 is 0 Å². The van der Waals surface area contributed by atoms with Gasteiger partial charge in [0.05, 0.1) is 0 Å². The minimum atomic E-state index is -0.301. The normalized spacial score (nSPS) is 11.0. The first-order valence-electron chi connectivity index (χ1n) is 5.17. The fourth-order valence-corrected chi connectivity index (χ4v) is 1.88. The Hall–Kier alpha value is -1.87. The number of halogens is 1. The van der Waals surface area contributed by atoms with Crippen molar-refractivity contribution in [2.75, 3.05) is 0 Å². The minimum Gasteiger partial charge on any atom is -0.451 e. The summed E-state index contributed by atoms with van der Waals surface area (Å²) in [5.41, 5.74) is 0.554. The lowest BCUT2D eigenvalue weighted by Crippen LogP contribution is -2.01. The quantitative estimate of drug-likeness (QED) is 0.368. The molecule has 1 aromatic heterocycles. The molecule has 4 heteroatoms. The number of hydrogen-bond acceptors (Lipinski definition) is 3. The van der Waals surface area contributed by atoms with Gasteiger partial charge in [-0.2, -0.15) is 5.26 Å². The molecular formula is C14H8INO2. The average Bonchev–Trinajstić information content (AvgIpc) is 2.82. The molecule has 0 fully saturated rings. The van der Waals surface area contributed by atoms with Crippen molar-refractivity contribution in [1.82, 2.24) is 0 Å². The predicted molar refractivity (Wildman–Crippen MR) is 75.8 cm³/mol. The van der Waals surface area contributed by atoms with Gasteiger partial charge in [-0.05, 0) is 34.7 Å². The smallest absolute Gasteiger partial charge is 0.203 e. The number of allylic oxidation sites excluding steroid dienone is 1. The molecule has 0 saturated heterocycles. The van der Waals surface area contributed by atoms with Gasteiger partial charge >= 0.3 is 0 Å². The van der Waals surface area contributed by atoms with Crippen molar-refractivity contribution < 1.29 is 9.21 Å². The molecule has 0 unspecified atom stereocenters. The fourth-order valence-electron chi connectivity index (χ4n) is 1.44. The van der Waals surface area contributed by atoms with Crippen molar-refractivity contribution in [3.63, 3.8) is 0 Å². The van der Waals surface area contributed by atoms with E-state index in [4.69, 9.17) is 9.68 Å². The van der Waals surface area contributed by atoms with Crippen LogP contribution in [0.5, 0.6) is 0 Å². The number of benzene rings is 1. The lowest BCUT2D eigenvalue weighted by Gasteiger charge is -1.97. The lowest BCUT2D eigenvalue weighted by molar-refractivity contribution is 0.104. The van der Waals surface area contributed by atoms with Crippen LogP contribution in [0.15, 0.2) is 52.5 Å². The van der Waals surface area contributed by atoms with Gasteiger partial charge in [-0.25, -0.2) is 0 Å². The summed E-state index contributed by atoms with van der Waals surface area (Å²) in [5.74, 6) is 0.199. The fraction of sp³-hybridized carbons (Fsp3) is 0. The zero-order valence-electron chi connectivity index (χ0n) is 9.26. The van der Waals surface area contributed by atoms with Crippen LogP contribution in [-0.4, -0.2) is 5.78 Å². The number of hydrogen-bond donors (Lipinski definition) is 0. The summed E-state index contributed by atoms with van der Waals surface area (Å²) < 4.78 is 6.02. The maximum absolute atomic E-state index is 12.1. The molecule has 0 bridgehead atoms. The summed E-state index contributed by atoms with van der Waals surface area (Å²) in [6, 6.07) is 14.1. The van der Waals surface area contributed by atoms with Crippen LogP contribution in [0.3, 0.4) is 0 Å². The maximum atomic E-state index is 12.1. The first kappa shape index (κ1) is 12.6. The molecular weight excluding hydrogens is 341 g/mol. The van der Waals surface area contributed by atoms with Crippen LogP contribution in [0.1, 0.15) is 16.1 Å². The van der Waals surface area contributed by atoms with Crippen LogP contribution in [0.25, 0.3) is 6.08 Å². The number of carbonyl (C=O) groups excluding carboxylic acids is 1. The van der Waals surface area contributed by atoms with E-state index < -0.39 is 0 Å². The Balaban J connectivity index is 2.33. The molecule has 88 valence electrons. The van der Waals surface area contributed by atoms with E-state index in [0.717, 1.165) is 0 Å². The molecule has 0 amide bonds. The second kappa shape index (κ2) is 5.65. The minimum absolute atomic E-state index is 0.0620. The molecule has 3 nitrogen and oxygen atoms in total. The van der Waals surface area contributed by atoms with Crippen molar-refractivity contribution >= 4 is 34.5 Å². The summed E-state index contributed by atoms with van der Waals surface area (Å²) in [4.78, 5) is 12.1. The summed E-state index contributed by atoms with van der Waals surface area (Å²) in [6.07, 6.45) is 1.46. The van der Waals surface area contributed by atoms with Gasteiger partial charge in [0.1, 0.15) is 17.4 Å². The van der Waals surface area contributed by atoms with Gasteiger partial charge in [-0.15, -0.1) is 0 Å². The topological polar surface area (TPSA) is 54.0 Å². The molecule has 0 spiro atoms. The number of nitrogens with zero attached hydrogens (tertiary/aromatic N) is 1. The van der Waals surface area contributed by atoms with Gasteiger partial charge in [-0.3, -0.25) is 4.79 Å². The molecule has 0 N–H and O–H groups in total. The number of rotatable bonds is 3. The third kappa shape index (κ3) is 2.87. The number of nitriles is 1. The molecule has 1 heterocycles. The van der Waals surface area contributed by atoms with Crippen LogP contribution in [0.4, 0.5) is 0 Å². The van der Waals surface area contributed by atoms with Gasteiger partial charge in [0, 0.05) is 11.6 Å². The Morgan fingerprint density at radius 3 is 2.50 bits per heavy atom. The zero-order valence-corrected chi connectivity index (χ0v) is 11.4. The molecule has 2 rings (SSSR count). The van der Waals surface area contributed by atoms with Gasteiger partial charge in [0.25, 0.3) is 0 Å². The van der Waals surface area contributed by atoms with E-state index in [1.54, 1.807) is 36.4 Å². The van der Waals surface area contributed by atoms with Crippen LogP contribution in [0, 0.1) is 15.1 Å². The first-order valence-corrected chi connectivity index (χ1v) is 6.25. The van der Waals surface area contributed by atoms with E-state index in [9.17, 15) is 4.79 Å². The standard InChI is InChI=1S/C14H8INO2/c15-13-7-6-12(18-13)8-11(9-16)14(17)10-4-2-1-3-5-10/h1-8H/b11-8+. The van der Waals surface area contributed by atoms with Crippen molar-refractivity contribution in [1.29, 1.82) is 5.26 Å². The van der Waals surface area contributed by atoms with Crippen molar-refractivity contribution in [2.45, 2.75) is 0 Å². The van der Waals surface area contributed by atoms with Crippen LogP contribution in [-0.2, 0) is 0 Å².